The minimum Gasteiger partial charge on any atom is -0.299 e. The molecule has 0 aromatic heterocycles. The minimum atomic E-state index is -0.262. The zero-order valence-corrected chi connectivity index (χ0v) is 12.6. The Morgan fingerprint density at radius 3 is 2.45 bits per heavy atom. The molecule has 2 nitrogen and oxygen atoms in total. The summed E-state index contributed by atoms with van der Waals surface area (Å²) in [6.07, 6.45) is 2.36. The van der Waals surface area contributed by atoms with Gasteiger partial charge in [0.25, 0.3) is 0 Å². The zero-order chi connectivity index (χ0) is 14.8. The molecule has 1 heterocycles. The maximum Gasteiger partial charge on any atom is 0.129 e. The molecule has 3 heteroatoms. The molecule has 0 radical (unpaired) electrons. The van der Waals surface area contributed by atoms with Crippen LogP contribution in [0.3, 0.4) is 0 Å². The second-order valence-corrected chi connectivity index (χ2v) is 6.83. The summed E-state index contributed by atoms with van der Waals surface area (Å²) >= 11 is 0. The van der Waals surface area contributed by atoms with Gasteiger partial charge in [-0.1, -0.05) is 26.8 Å². The maximum atomic E-state index is 13.9. The van der Waals surface area contributed by atoms with Crippen LogP contribution in [0.5, 0.6) is 0 Å². The molecular formula is C17H23FN2. The van der Waals surface area contributed by atoms with E-state index in [1.807, 2.05) is 6.07 Å². The monoisotopic (exact) mass is 274 g/mol. The molecule has 20 heavy (non-hydrogen) atoms. The second kappa shape index (κ2) is 5.93. The summed E-state index contributed by atoms with van der Waals surface area (Å²) in [5, 5.41) is 8.75. The van der Waals surface area contributed by atoms with E-state index in [1.54, 1.807) is 12.1 Å². The lowest BCUT2D eigenvalue weighted by molar-refractivity contribution is 0.107. The van der Waals surface area contributed by atoms with E-state index in [2.05, 4.69) is 25.7 Å². The molecule has 1 aromatic rings. The molecule has 2 rings (SSSR count). The van der Waals surface area contributed by atoms with Crippen LogP contribution >= 0.6 is 0 Å². The smallest absolute Gasteiger partial charge is 0.129 e. The Morgan fingerprint density at radius 1 is 1.30 bits per heavy atom. The second-order valence-electron chi connectivity index (χ2n) is 6.83. The Kier molecular flexibility index (Phi) is 4.45. The van der Waals surface area contributed by atoms with Crippen molar-refractivity contribution in [1.29, 1.82) is 5.26 Å². The molecule has 1 aromatic carbocycles. The molecule has 0 spiro atoms. The van der Waals surface area contributed by atoms with Crippen molar-refractivity contribution >= 4 is 0 Å². The molecule has 1 fully saturated rings. The third-order valence-corrected chi connectivity index (χ3v) is 4.39. The fourth-order valence-corrected chi connectivity index (χ4v) is 2.94. The van der Waals surface area contributed by atoms with Crippen LogP contribution in [0.4, 0.5) is 4.39 Å². The van der Waals surface area contributed by atoms with E-state index >= 15 is 0 Å². The molecule has 0 bridgehead atoms. The molecule has 108 valence electrons. The number of hydrogen-bond acceptors (Lipinski definition) is 2. The zero-order valence-electron chi connectivity index (χ0n) is 12.6. The summed E-state index contributed by atoms with van der Waals surface area (Å²) in [5.74, 6) is 0.492. The van der Waals surface area contributed by atoms with Gasteiger partial charge in [0, 0.05) is 12.1 Å². The molecule has 0 amide bonds. The van der Waals surface area contributed by atoms with Crippen molar-refractivity contribution in [3.05, 3.63) is 35.1 Å². The molecule has 0 N–H and O–H groups in total. The van der Waals surface area contributed by atoms with Crippen molar-refractivity contribution in [3.63, 3.8) is 0 Å². The lowest BCUT2D eigenvalue weighted by atomic mass is 9.75. The van der Waals surface area contributed by atoms with Gasteiger partial charge in [0.15, 0.2) is 0 Å². The first-order valence-electron chi connectivity index (χ1n) is 7.31. The van der Waals surface area contributed by atoms with Gasteiger partial charge in [-0.3, -0.25) is 4.90 Å². The number of hydrogen-bond donors (Lipinski definition) is 0. The summed E-state index contributed by atoms with van der Waals surface area (Å²) < 4.78 is 13.9. The fourth-order valence-electron chi connectivity index (χ4n) is 2.94. The lowest BCUT2D eigenvalue weighted by Gasteiger charge is -2.38. The summed E-state index contributed by atoms with van der Waals surface area (Å²) in [6.45, 7) is 9.60. The summed E-state index contributed by atoms with van der Waals surface area (Å²) in [7, 11) is 0. The van der Waals surface area contributed by atoms with Crippen LogP contribution in [-0.2, 0) is 6.54 Å². The summed E-state index contributed by atoms with van der Waals surface area (Å²) in [6, 6.07) is 6.73. The topological polar surface area (TPSA) is 27.0 Å². The number of nitrogens with zero attached hydrogens (tertiary/aromatic N) is 2. The third-order valence-electron chi connectivity index (χ3n) is 4.39. The van der Waals surface area contributed by atoms with Gasteiger partial charge in [0.2, 0.25) is 0 Å². The normalized spacial score (nSPS) is 17.9. The van der Waals surface area contributed by atoms with Gasteiger partial charge in [0.05, 0.1) is 11.6 Å². The Balaban J connectivity index is 1.95. The molecule has 0 aliphatic carbocycles. The van der Waals surface area contributed by atoms with E-state index in [4.69, 9.17) is 5.26 Å². The standard InChI is InChI=1S/C17H23FN2/c1-17(2,3)15-6-8-20(9-7-15)12-14-5-4-13(11-19)10-16(14)18/h4-5,10,15H,6-9,12H2,1-3H3. The number of likely N-dealkylation sites (tertiary alicyclic amines) is 1. The highest BCUT2D eigenvalue weighted by Crippen LogP contribution is 2.34. The number of rotatable bonds is 2. The van der Waals surface area contributed by atoms with Crippen molar-refractivity contribution in [2.75, 3.05) is 13.1 Å². The van der Waals surface area contributed by atoms with Crippen molar-refractivity contribution in [1.82, 2.24) is 4.90 Å². The fraction of sp³-hybridized carbons (Fsp3) is 0.588. The van der Waals surface area contributed by atoms with E-state index < -0.39 is 0 Å². The van der Waals surface area contributed by atoms with Gasteiger partial charge in [-0.25, -0.2) is 4.39 Å². The Hall–Kier alpha value is -1.40. The molecule has 1 aliphatic heterocycles. The van der Waals surface area contributed by atoms with Crippen LogP contribution in [0.2, 0.25) is 0 Å². The Morgan fingerprint density at radius 2 is 1.95 bits per heavy atom. The van der Waals surface area contributed by atoms with Gasteiger partial charge in [-0.15, -0.1) is 0 Å². The Labute approximate surface area is 121 Å². The van der Waals surface area contributed by atoms with Crippen molar-refractivity contribution in [2.45, 2.75) is 40.2 Å². The number of nitriles is 1. The van der Waals surface area contributed by atoms with Gasteiger partial charge in [-0.2, -0.15) is 5.26 Å². The van der Waals surface area contributed by atoms with E-state index in [-0.39, 0.29) is 5.82 Å². The quantitative estimate of drug-likeness (QED) is 0.816. The van der Waals surface area contributed by atoms with E-state index in [9.17, 15) is 4.39 Å². The number of piperidine rings is 1. The van der Waals surface area contributed by atoms with Gasteiger partial charge >= 0.3 is 0 Å². The van der Waals surface area contributed by atoms with E-state index in [0.717, 1.165) is 19.0 Å². The van der Waals surface area contributed by atoms with Gasteiger partial charge < -0.3 is 0 Å². The van der Waals surface area contributed by atoms with Crippen LogP contribution in [0.1, 0.15) is 44.7 Å². The molecular weight excluding hydrogens is 251 g/mol. The average Bonchev–Trinajstić information content (AvgIpc) is 2.40. The molecule has 0 atom stereocenters. The molecule has 0 unspecified atom stereocenters. The highest BCUT2D eigenvalue weighted by molar-refractivity contribution is 5.32. The first kappa shape index (κ1) is 15.0. The maximum absolute atomic E-state index is 13.9. The minimum absolute atomic E-state index is 0.262. The molecule has 0 saturated carbocycles. The Bertz CT molecular complexity index is 503. The first-order chi connectivity index (χ1) is 9.40. The van der Waals surface area contributed by atoms with Crippen molar-refractivity contribution in [3.8, 4) is 6.07 Å². The van der Waals surface area contributed by atoms with E-state index in [0.29, 0.717) is 23.1 Å². The van der Waals surface area contributed by atoms with Crippen LogP contribution in [-0.4, -0.2) is 18.0 Å². The largest absolute Gasteiger partial charge is 0.299 e. The third kappa shape index (κ3) is 3.58. The summed E-state index contributed by atoms with van der Waals surface area (Å²) in [5.41, 5.74) is 1.45. The van der Waals surface area contributed by atoms with Crippen LogP contribution in [0.15, 0.2) is 18.2 Å². The highest BCUT2D eigenvalue weighted by atomic mass is 19.1. The predicted molar refractivity (Wildman–Crippen MR) is 78.6 cm³/mol. The van der Waals surface area contributed by atoms with Gasteiger partial charge in [0.1, 0.15) is 5.82 Å². The average molecular weight is 274 g/mol. The van der Waals surface area contributed by atoms with Gasteiger partial charge in [-0.05, 0) is 49.4 Å². The molecule has 1 aliphatic rings. The molecule has 1 saturated heterocycles. The van der Waals surface area contributed by atoms with Crippen LogP contribution in [0.25, 0.3) is 0 Å². The van der Waals surface area contributed by atoms with Crippen molar-refractivity contribution in [2.24, 2.45) is 11.3 Å². The van der Waals surface area contributed by atoms with Crippen molar-refractivity contribution < 1.29 is 4.39 Å². The SMILES string of the molecule is CC(C)(C)C1CCN(Cc2ccc(C#N)cc2F)CC1. The number of benzene rings is 1. The lowest BCUT2D eigenvalue weighted by Crippen LogP contribution is -2.37. The summed E-state index contributed by atoms with van der Waals surface area (Å²) in [4.78, 5) is 2.31. The highest BCUT2D eigenvalue weighted by Gasteiger charge is 2.28. The first-order valence-corrected chi connectivity index (χ1v) is 7.31. The van der Waals surface area contributed by atoms with Crippen LogP contribution < -0.4 is 0 Å². The van der Waals surface area contributed by atoms with Crippen LogP contribution in [0, 0.1) is 28.5 Å². The van der Waals surface area contributed by atoms with E-state index in [1.165, 1.54) is 18.9 Å². The predicted octanol–water partition coefficient (Wildman–Crippen LogP) is 3.96. The number of halogens is 1.